The van der Waals surface area contributed by atoms with Gasteiger partial charge in [-0.3, -0.25) is 4.79 Å². The van der Waals surface area contributed by atoms with Crippen molar-refractivity contribution >= 4 is 36.8 Å². The van der Waals surface area contributed by atoms with Gasteiger partial charge in [-0.25, -0.2) is 9.50 Å². The number of hydrogen-bond acceptors (Lipinski definition) is 3. The average Bonchev–Trinajstić information content (AvgIpc) is 2.45. The van der Waals surface area contributed by atoms with Crippen molar-refractivity contribution in [2.45, 2.75) is 0 Å². The van der Waals surface area contributed by atoms with Crippen LogP contribution in [0.15, 0.2) is 12.4 Å². The van der Waals surface area contributed by atoms with Crippen molar-refractivity contribution in [3.05, 3.63) is 23.1 Å². The first kappa shape index (κ1) is 8.25. The fourth-order valence-corrected chi connectivity index (χ4v) is 1.38. The summed E-state index contributed by atoms with van der Waals surface area (Å²) in [5.41, 5.74) is 1.20. The molecule has 0 fully saturated rings. The molecule has 2 heterocycles. The van der Waals surface area contributed by atoms with E-state index >= 15 is 0 Å². The molecule has 0 unspecified atom stereocenters. The van der Waals surface area contributed by atoms with E-state index in [9.17, 15) is 4.79 Å². The monoisotopic (exact) mass is 191 g/mol. The second kappa shape index (κ2) is 2.85. The quantitative estimate of drug-likeness (QED) is 0.470. The first-order chi connectivity index (χ1) is 6.24. The molecule has 13 heavy (non-hydrogen) atoms. The Morgan fingerprint density at radius 3 is 3.08 bits per heavy atom. The summed E-state index contributed by atoms with van der Waals surface area (Å²) in [4.78, 5) is 14.4. The third kappa shape index (κ3) is 1.12. The lowest BCUT2D eigenvalue weighted by atomic mass is 10.1. The summed E-state index contributed by atoms with van der Waals surface area (Å²) in [5.74, 6) is 0. The molecule has 0 aliphatic heterocycles. The Morgan fingerprint density at radius 1 is 1.62 bits per heavy atom. The minimum absolute atomic E-state index is 0.216. The zero-order chi connectivity index (χ0) is 9.42. The third-order valence-electron chi connectivity index (χ3n) is 1.69. The highest BCUT2D eigenvalue weighted by molar-refractivity contribution is 6.35. The molecular formula is C7H3BClN3O. The molecule has 2 aromatic rings. The topological polar surface area (TPSA) is 47.3 Å². The second-order valence-electron chi connectivity index (χ2n) is 2.45. The summed E-state index contributed by atoms with van der Waals surface area (Å²) in [6.45, 7) is 0. The van der Waals surface area contributed by atoms with E-state index in [0.29, 0.717) is 23.0 Å². The number of rotatable bonds is 1. The van der Waals surface area contributed by atoms with E-state index < -0.39 is 0 Å². The molecule has 0 aliphatic rings. The SMILES string of the molecule is [B]c1cc(C=O)c2c(Cl)ncnn12. The number of fused-ring (bicyclic) bond motifs is 1. The molecule has 0 atom stereocenters. The molecule has 2 radical (unpaired) electrons. The normalized spacial score (nSPS) is 10.5. The maximum absolute atomic E-state index is 10.6. The molecule has 0 aliphatic carbocycles. The molecule has 2 aromatic heterocycles. The molecule has 0 N–H and O–H groups in total. The van der Waals surface area contributed by atoms with Crippen LogP contribution in [0, 0.1) is 0 Å². The van der Waals surface area contributed by atoms with Crippen molar-refractivity contribution in [1.82, 2.24) is 14.6 Å². The van der Waals surface area contributed by atoms with Gasteiger partial charge in [-0.05, 0) is 11.7 Å². The fraction of sp³-hybridized carbons (Fsp3) is 0. The van der Waals surface area contributed by atoms with Crippen LogP contribution in [-0.2, 0) is 0 Å². The Kier molecular flexibility index (Phi) is 1.81. The number of carbonyl (C=O) groups is 1. The molecule has 0 aromatic carbocycles. The summed E-state index contributed by atoms with van der Waals surface area (Å²) >= 11 is 5.77. The van der Waals surface area contributed by atoms with Crippen LogP contribution in [0.3, 0.4) is 0 Å². The number of aldehydes is 1. The number of aromatic nitrogens is 3. The Bertz CT molecular complexity index is 482. The first-order valence-corrected chi connectivity index (χ1v) is 3.84. The predicted octanol–water partition coefficient (Wildman–Crippen LogP) is -0.0110. The van der Waals surface area contributed by atoms with E-state index in [0.717, 1.165) is 0 Å². The second-order valence-corrected chi connectivity index (χ2v) is 2.81. The largest absolute Gasteiger partial charge is 0.298 e. The fourth-order valence-electron chi connectivity index (χ4n) is 1.15. The summed E-state index contributed by atoms with van der Waals surface area (Å²) < 4.78 is 1.37. The van der Waals surface area contributed by atoms with Crippen LogP contribution in [0.25, 0.3) is 5.52 Å². The van der Waals surface area contributed by atoms with Crippen LogP contribution >= 0.6 is 11.6 Å². The van der Waals surface area contributed by atoms with Crippen molar-refractivity contribution in [3.63, 3.8) is 0 Å². The van der Waals surface area contributed by atoms with Gasteiger partial charge < -0.3 is 0 Å². The summed E-state index contributed by atoms with van der Waals surface area (Å²) in [5, 5.41) is 4.06. The molecule has 62 valence electrons. The van der Waals surface area contributed by atoms with E-state index in [4.69, 9.17) is 19.4 Å². The van der Waals surface area contributed by atoms with Crippen molar-refractivity contribution in [1.29, 1.82) is 0 Å². The molecule has 0 amide bonds. The van der Waals surface area contributed by atoms with Gasteiger partial charge in [-0.15, -0.1) is 0 Å². The van der Waals surface area contributed by atoms with Crippen LogP contribution in [0.5, 0.6) is 0 Å². The van der Waals surface area contributed by atoms with E-state index in [1.54, 1.807) is 0 Å². The number of hydrogen-bond donors (Lipinski definition) is 0. The highest BCUT2D eigenvalue weighted by Gasteiger charge is 2.09. The smallest absolute Gasteiger partial charge is 0.157 e. The maximum Gasteiger partial charge on any atom is 0.157 e. The molecule has 0 bridgehead atoms. The zero-order valence-electron chi connectivity index (χ0n) is 6.44. The molecule has 0 spiro atoms. The summed E-state index contributed by atoms with van der Waals surface area (Å²) in [6.07, 6.45) is 1.95. The highest BCUT2D eigenvalue weighted by atomic mass is 35.5. The Morgan fingerprint density at radius 2 is 2.38 bits per heavy atom. The number of carbonyl (C=O) groups excluding carboxylic acids is 1. The average molecular weight is 191 g/mol. The standard InChI is InChI=1S/C7H3BClN3O/c8-5-1-4(2-13)6-7(9)10-3-11-12(5)6/h1-3H. The number of halogens is 1. The maximum atomic E-state index is 10.6. The van der Waals surface area contributed by atoms with Gasteiger partial charge in [0.2, 0.25) is 0 Å². The lowest BCUT2D eigenvalue weighted by molar-refractivity contribution is 0.112. The van der Waals surface area contributed by atoms with E-state index in [1.165, 1.54) is 16.9 Å². The van der Waals surface area contributed by atoms with Crippen LogP contribution in [0.4, 0.5) is 0 Å². The van der Waals surface area contributed by atoms with Gasteiger partial charge >= 0.3 is 0 Å². The summed E-state index contributed by atoms with van der Waals surface area (Å²) in [6, 6.07) is 1.50. The highest BCUT2D eigenvalue weighted by Crippen LogP contribution is 2.15. The van der Waals surface area contributed by atoms with Crippen LogP contribution in [0.2, 0.25) is 5.15 Å². The Hall–Kier alpha value is -1.36. The van der Waals surface area contributed by atoms with Crippen LogP contribution in [-0.4, -0.2) is 28.7 Å². The molecule has 0 saturated carbocycles. The minimum atomic E-state index is 0.216. The van der Waals surface area contributed by atoms with E-state index in [2.05, 4.69) is 10.1 Å². The predicted molar refractivity (Wildman–Crippen MR) is 48.8 cm³/mol. The van der Waals surface area contributed by atoms with Crippen molar-refractivity contribution < 1.29 is 4.79 Å². The van der Waals surface area contributed by atoms with E-state index in [1.807, 2.05) is 0 Å². The molecule has 4 nitrogen and oxygen atoms in total. The van der Waals surface area contributed by atoms with Gasteiger partial charge in [0, 0.05) is 5.56 Å². The molecular weight excluding hydrogens is 188 g/mol. The van der Waals surface area contributed by atoms with Gasteiger partial charge in [-0.1, -0.05) is 11.6 Å². The minimum Gasteiger partial charge on any atom is -0.298 e. The molecule has 0 saturated heterocycles. The van der Waals surface area contributed by atoms with Crippen molar-refractivity contribution in [3.8, 4) is 0 Å². The number of nitrogens with zero attached hydrogens (tertiary/aromatic N) is 3. The van der Waals surface area contributed by atoms with Gasteiger partial charge in [0.1, 0.15) is 19.7 Å². The third-order valence-corrected chi connectivity index (χ3v) is 1.97. The van der Waals surface area contributed by atoms with Gasteiger partial charge in [0.25, 0.3) is 0 Å². The van der Waals surface area contributed by atoms with Gasteiger partial charge in [0.15, 0.2) is 11.4 Å². The lowest BCUT2D eigenvalue weighted by Gasteiger charge is -1.96. The first-order valence-electron chi connectivity index (χ1n) is 3.47. The zero-order valence-corrected chi connectivity index (χ0v) is 7.19. The molecule has 6 heteroatoms. The Labute approximate surface area is 79.9 Å². The summed E-state index contributed by atoms with van der Waals surface area (Å²) in [7, 11) is 5.58. The van der Waals surface area contributed by atoms with Gasteiger partial charge in [0.05, 0.1) is 0 Å². The van der Waals surface area contributed by atoms with Crippen molar-refractivity contribution in [2.75, 3.05) is 0 Å². The molecule has 2 rings (SSSR count). The Balaban J connectivity index is 2.96. The van der Waals surface area contributed by atoms with Crippen molar-refractivity contribution in [2.24, 2.45) is 0 Å². The van der Waals surface area contributed by atoms with Crippen LogP contribution < -0.4 is 5.59 Å². The van der Waals surface area contributed by atoms with Gasteiger partial charge in [-0.2, -0.15) is 5.10 Å². The van der Waals surface area contributed by atoms with E-state index in [-0.39, 0.29) is 5.15 Å². The van der Waals surface area contributed by atoms with Crippen LogP contribution in [0.1, 0.15) is 10.4 Å². The lowest BCUT2D eigenvalue weighted by Crippen LogP contribution is -2.12.